The maximum Gasteiger partial charge on any atom is 0.257 e. The fraction of sp³-hybridized carbons (Fsp3) is 0.588. The van der Waals surface area contributed by atoms with Gasteiger partial charge in [-0.15, -0.1) is 0 Å². The molecule has 0 aliphatic carbocycles. The van der Waals surface area contributed by atoms with Crippen molar-refractivity contribution in [3.05, 3.63) is 29.8 Å². The SMILES string of the molecule is O=C(c1ccccc1OCC1CCCNC1)N1CCOCC1. The molecule has 1 N–H and O–H groups in total. The Hall–Kier alpha value is -1.59. The van der Waals surface area contributed by atoms with Crippen molar-refractivity contribution in [1.82, 2.24) is 10.2 Å². The van der Waals surface area contributed by atoms with Crippen molar-refractivity contribution in [2.45, 2.75) is 12.8 Å². The zero-order valence-corrected chi connectivity index (χ0v) is 12.9. The largest absolute Gasteiger partial charge is 0.492 e. The highest BCUT2D eigenvalue weighted by atomic mass is 16.5. The van der Waals surface area contributed by atoms with E-state index in [-0.39, 0.29) is 5.91 Å². The number of para-hydroxylation sites is 1. The van der Waals surface area contributed by atoms with Crippen LogP contribution in [0.1, 0.15) is 23.2 Å². The van der Waals surface area contributed by atoms with Gasteiger partial charge in [0.1, 0.15) is 5.75 Å². The summed E-state index contributed by atoms with van der Waals surface area (Å²) in [6.45, 7) is 5.30. The number of carbonyl (C=O) groups is 1. The molecule has 5 nitrogen and oxygen atoms in total. The second kappa shape index (κ2) is 7.61. The molecule has 0 radical (unpaired) electrons. The second-order valence-electron chi connectivity index (χ2n) is 5.92. The van der Waals surface area contributed by atoms with Gasteiger partial charge in [0.2, 0.25) is 0 Å². The van der Waals surface area contributed by atoms with Crippen LogP contribution in [0.2, 0.25) is 0 Å². The summed E-state index contributed by atoms with van der Waals surface area (Å²) in [5.41, 5.74) is 0.660. The van der Waals surface area contributed by atoms with Gasteiger partial charge < -0.3 is 19.7 Å². The van der Waals surface area contributed by atoms with E-state index < -0.39 is 0 Å². The summed E-state index contributed by atoms with van der Waals surface area (Å²) in [6, 6.07) is 7.56. The first-order valence-electron chi connectivity index (χ1n) is 8.14. The summed E-state index contributed by atoms with van der Waals surface area (Å²) < 4.78 is 11.3. The number of hydrogen-bond donors (Lipinski definition) is 1. The first kappa shape index (κ1) is 15.3. The number of rotatable bonds is 4. The quantitative estimate of drug-likeness (QED) is 0.917. The molecule has 120 valence electrons. The molecule has 1 aromatic carbocycles. The third-order valence-electron chi connectivity index (χ3n) is 4.29. The Morgan fingerprint density at radius 1 is 1.32 bits per heavy atom. The van der Waals surface area contributed by atoms with Crippen LogP contribution in [0.4, 0.5) is 0 Å². The number of nitrogens with zero attached hydrogens (tertiary/aromatic N) is 1. The van der Waals surface area contributed by atoms with Crippen LogP contribution in [0.15, 0.2) is 24.3 Å². The zero-order chi connectivity index (χ0) is 15.2. The van der Waals surface area contributed by atoms with E-state index in [2.05, 4.69) is 5.32 Å². The summed E-state index contributed by atoms with van der Waals surface area (Å²) in [5, 5.41) is 3.39. The van der Waals surface area contributed by atoms with Crippen LogP contribution >= 0.6 is 0 Å². The standard InChI is InChI=1S/C17H24N2O3/c20-17(19-8-10-21-11-9-19)15-5-1-2-6-16(15)22-13-14-4-3-7-18-12-14/h1-2,5-6,14,18H,3-4,7-13H2. The van der Waals surface area contributed by atoms with Crippen LogP contribution in [-0.4, -0.2) is 56.8 Å². The average molecular weight is 304 g/mol. The Morgan fingerprint density at radius 3 is 2.91 bits per heavy atom. The number of carbonyl (C=O) groups excluding carboxylic acids is 1. The number of hydrogen-bond acceptors (Lipinski definition) is 4. The third kappa shape index (κ3) is 3.78. The molecular weight excluding hydrogens is 280 g/mol. The highest BCUT2D eigenvalue weighted by Gasteiger charge is 2.22. The molecule has 1 amide bonds. The maximum atomic E-state index is 12.6. The van der Waals surface area contributed by atoms with E-state index in [0.29, 0.717) is 50.1 Å². The lowest BCUT2D eigenvalue weighted by Crippen LogP contribution is -2.40. The number of piperidine rings is 1. The van der Waals surface area contributed by atoms with E-state index in [1.807, 2.05) is 29.2 Å². The zero-order valence-electron chi connectivity index (χ0n) is 12.9. The molecule has 2 fully saturated rings. The molecule has 3 rings (SSSR count). The van der Waals surface area contributed by atoms with E-state index in [4.69, 9.17) is 9.47 Å². The summed E-state index contributed by atoms with van der Waals surface area (Å²) >= 11 is 0. The number of benzene rings is 1. The van der Waals surface area contributed by atoms with E-state index in [9.17, 15) is 4.79 Å². The fourth-order valence-electron chi connectivity index (χ4n) is 2.98. The van der Waals surface area contributed by atoms with Gasteiger partial charge in [-0.25, -0.2) is 0 Å². The monoisotopic (exact) mass is 304 g/mol. The van der Waals surface area contributed by atoms with Gasteiger partial charge in [0.05, 0.1) is 25.4 Å². The molecule has 0 bridgehead atoms. The van der Waals surface area contributed by atoms with Gasteiger partial charge in [0.15, 0.2) is 0 Å². The molecule has 2 aliphatic rings. The number of nitrogens with one attached hydrogen (secondary N) is 1. The smallest absolute Gasteiger partial charge is 0.257 e. The third-order valence-corrected chi connectivity index (χ3v) is 4.29. The van der Waals surface area contributed by atoms with E-state index in [0.717, 1.165) is 13.1 Å². The lowest BCUT2D eigenvalue weighted by Gasteiger charge is -2.28. The van der Waals surface area contributed by atoms with Crippen molar-refractivity contribution in [3.8, 4) is 5.75 Å². The van der Waals surface area contributed by atoms with E-state index in [1.54, 1.807) is 0 Å². The van der Waals surface area contributed by atoms with Crippen molar-refractivity contribution in [1.29, 1.82) is 0 Å². The summed E-state index contributed by atoms with van der Waals surface area (Å²) in [7, 11) is 0. The Morgan fingerprint density at radius 2 is 2.14 bits per heavy atom. The van der Waals surface area contributed by atoms with E-state index in [1.165, 1.54) is 12.8 Å². The van der Waals surface area contributed by atoms with Crippen molar-refractivity contribution >= 4 is 5.91 Å². The molecular formula is C17H24N2O3. The lowest BCUT2D eigenvalue weighted by molar-refractivity contribution is 0.0300. The molecule has 0 aromatic heterocycles. The minimum atomic E-state index is 0.0423. The Kier molecular flexibility index (Phi) is 5.29. The highest BCUT2D eigenvalue weighted by molar-refractivity contribution is 5.97. The summed E-state index contributed by atoms with van der Waals surface area (Å²) in [4.78, 5) is 14.5. The predicted molar refractivity (Wildman–Crippen MR) is 84.3 cm³/mol. The van der Waals surface area contributed by atoms with Crippen LogP contribution in [0.3, 0.4) is 0 Å². The number of morpholine rings is 1. The molecule has 0 spiro atoms. The van der Waals surface area contributed by atoms with Crippen molar-refractivity contribution < 1.29 is 14.3 Å². The topological polar surface area (TPSA) is 50.8 Å². The number of amides is 1. The molecule has 22 heavy (non-hydrogen) atoms. The Balaban J connectivity index is 1.64. The molecule has 1 unspecified atom stereocenters. The van der Waals surface area contributed by atoms with Gasteiger partial charge in [0, 0.05) is 25.6 Å². The molecule has 2 aliphatic heterocycles. The minimum absolute atomic E-state index is 0.0423. The first-order chi connectivity index (χ1) is 10.8. The van der Waals surface area contributed by atoms with Gasteiger partial charge in [-0.1, -0.05) is 12.1 Å². The second-order valence-corrected chi connectivity index (χ2v) is 5.92. The Bertz CT molecular complexity index is 494. The van der Waals surface area contributed by atoms with Crippen molar-refractivity contribution in [2.24, 2.45) is 5.92 Å². The molecule has 1 aromatic rings. The molecule has 2 heterocycles. The normalized spacial score (nSPS) is 22.4. The lowest BCUT2D eigenvalue weighted by atomic mass is 10.0. The van der Waals surface area contributed by atoms with Gasteiger partial charge in [-0.05, 0) is 31.5 Å². The van der Waals surface area contributed by atoms with E-state index >= 15 is 0 Å². The highest BCUT2D eigenvalue weighted by Crippen LogP contribution is 2.22. The summed E-state index contributed by atoms with van der Waals surface area (Å²) in [5.74, 6) is 1.27. The predicted octanol–water partition coefficient (Wildman–Crippen LogP) is 1.54. The maximum absolute atomic E-state index is 12.6. The average Bonchev–Trinajstić information content (AvgIpc) is 2.61. The minimum Gasteiger partial charge on any atom is -0.492 e. The first-order valence-corrected chi connectivity index (χ1v) is 8.14. The number of ether oxygens (including phenoxy) is 2. The molecule has 2 saturated heterocycles. The molecule has 1 atom stereocenters. The molecule has 5 heteroatoms. The van der Waals surface area contributed by atoms with Crippen LogP contribution in [0, 0.1) is 5.92 Å². The van der Waals surface area contributed by atoms with Gasteiger partial charge in [-0.2, -0.15) is 0 Å². The van der Waals surface area contributed by atoms with Crippen LogP contribution in [0.25, 0.3) is 0 Å². The van der Waals surface area contributed by atoms with Crippen molar-refractivity contribution in [2.75, 3.05) is 46.0 Å². The fourth-order valence-corrected chi connectivity index (χ4v) is 2.98. The van der Waals surface area contributed by atoms with Gasteiger partial charge in [-0.3, -0.25) is 4.79 Å². The van der Waals surface area contributed by atoms with Crippen LogP contribution in [-0.2, 0) is 4.74 Å². The van der Waals surface area contributed by atoms with Crippen LogP contribution < -0.4 is 10.1 Å². The van der Waals surface area contributed by atoms with Crippen molar-refractivity contribution in [3.63, 3.8) is 0 Å². The van der Waals surface area contributed by atoms with Gasteiger partial charge in [0.25, 0.3) is 5.91 Å². The Labute approximate surface area is 131 Å². The summed E-state index contributed by atoms with van der Waals surface area (Å²) in [6.07, 6.45) is 2.38. The van der Waals surface area contributed by atoms with Crippen LogP contribution in [0.5, 0.6) is 5.75 Å². The molecule has 0 saturated carbocycles. The van der Waals surface area contributed by atoms with Gasteiger partial charge >= 0.3 is 0 Å².